The van der Waals surface area contributed by atoms with Crippen LogP contribution < -0.4 is 5.32 Å². The summed E-state index contributed by atoms with van der Waals surface area (Å²) >= 11 is 0. The van der Waals surface area contributed by atoms with Gasteiger partial charge in [-0.25, -0.2) is 12.7 Å². The predicted molar refractivity (Wildman–Crippen MR) is 106 cm³/mol. The minimum Gasteiger partial charge on any atom is -0.396 e. The van der Waals surface area contributed by atoms with Crippen molar-refractivity contribution in [3.63, 3.8) is 0 Å². The fourth-order valence-electron chi connectivity index (χ4n) is 7.91. The van der Waals surface area contributed by atoms with E-state index in [0.717, 1.165) is 51.4 Å². The molecular weight excluding hydrogens is 376 g/mol. The van der Waals surface area contributed by atoms with Crippen molar-refractivity contribution in [3.05, 3.63) is 0 Å². The Balaban J connectivity index is 1.42. The van der Waals surface area contributed by atoms with Gasteiger partial charge in [0.05, 0.1) is 17.8 Å². The van der Waals surface area contributed by atoms with Crippen LogP contribution in [0.4, 0.5) is 0 Å². The molecule has 3 saturated carbocycles. The number of fused-ring (bicyclic) bond motifs is 1. The third-order valence-corrected chi connectivity index (χ3v) is 11.6. The maximum atomic E-state index is 13.5. The number of hydrogen-bond acceptors (Lipinski definition) is 5. The van der Waals surface area contributed by atoms with E-state index in [4.69, 9.17) is 0 Å². The predicted octanol–water partition coefficient (Wildman–Crippen LogP) is 2.03. The lowest BCUT2D eigenvalue weighted by atomic mass is 9.69. The molecule has 0 unspecified atom stereocenters. The zero-order valence-corrected chi connectivity index (χ0v) is 17.9. The zero-order chi connectivity index (χ0) is 19.9. The summed E-state index contributed by atoms with van der Waals surface area (Å²) < 4.78 is 27.7. The van der Waals surface area contributed by atoms with Crippen LogP contribution in [0.1, 0.15) is 71.6 Å². The number of carbonyl (C=O) groups excluding carboxylic acids is 1. The van der Waals surface area contributed by atoms with Crippen LogP contribution in [0.25, 0.3) is 0 Å². The van der Waals surface area contributed by atoms with Crippen LogP contribution in [0.5, 0.6) is 0 Å². The molecule has 0 aromatic carbocycles. The summed E-state index contributed by atoms with van der Waals surface area (Å²) in [5, 5.41) is 13.4. The quantitative estimate of drug-likeness (QED) is 0.727. The minimum absolute atomic E-state index is 0.0184. The van der Waals surface area contributed by atoms with Gasteiger partial charge in [-0.15, -0.1) is 0 Å². The molecule has 2 spiro atoms. The van der Waals surface area contributed by atoms with E-state index < -0.39 is 16.1 Å². The number of amides is 1. The molecular formula is C21H34N2O4S. The Kier molecular flexibility index (Phi) is 4.10. The molecule has 0 aromatic heterocycles. The normalized spacial score (nSPS) is 48.3. The van der Waals surface area contributed by atoms with E-state index >= 15 is 0 Å². The number of hydrogen-bond donors (Lipinski definition) is 2. The third-order valence-electron chi connectivity index (χ3n) is 9.69. The van der Waals surface area contributed by atoms with E-state index in [0.29, 0.717) is 12.3 Å². The monoisotopic (exact) mass is 410 g/mol. The Labute approximate surface area is 168 Å². The van der Waals surface area contributed by atoms with Gasteiger partial charge in [0.2, 0.25) is 10.0 Å². The smallest absolute Gasteiger partial charge is 0.253 e. The van der Waals surface area contributed by atoms with Crippen LogP contribution in [-0.2, 0) is 14.8 Å². The Hall–Kier alpha value is -0.660. The molecule has 2 N–H and O–H groups in total. The Morgan fingerprint density at radius 3 is 2.64 bits per heavy atom. The molecule has 0 radical (unpaired) electrons. The van der Waals surface area contributed by atoms with Crippen LogP contribution in [-0.4, -0.2) is 53.7 Å². The summed E-state index contributed by atoms with van der Waals surface area (Å²) in [7, 11) is -3.56. The molecule has 2 heterocycles. The molecule has 28 heavy (non-hydrogen) atoms. The molecule has 3 aliphatic carbocycles. The van der Waals surface area contributed by atoms with Crippen LogP contribution >= 0.6 is 0 Å². The second-order valence-corrected chi connectivity index (χ2v) is 12.6. The maximum absolute atomic E-state index is 13.5. The van der Waals surface area contributed by atoms with Crippen molar-refractivity contribution in [3.8, 4) is 0 Å². The van der Waals surface area contributed by atoms with Gasteiger partial charge in [0.15, 0.2) is 0 Å². The Bertz CT molecular complexity index is 796. The van der Waals surface area contributed by atoms with Crippen molar-refractivity contribution in [2.24, 2.45) is 22.7 Å². The first kappa shape index (κ1) is 19.3. The lowest BCUT2D eigenvalue weighted by Crippen LogP contribution is -2.56. The summed E-state index contributed by atoms with van der Waals surface area (Å²) in [5.74, 6) is 0.589. The molecule has 7 heteroatoms. The highest BCUT2D eigenvalue weighted by molar-refractivity contribution is 7.90. The topological polar surface area (TPSA) is 86.7 Å². The largest absolute Gasteiger partial charge is 0.396 e. The van der Waals surface area contributed by atoms with E-state index in [-0.39, 0.29) is 46.6 Å². The molecule has 1 amide bonds. The summed E-state index contributed by atoms with van der Waals surface area (Å²) in [5.41, 5.74) is -0.473. The third kappa shape index (κ3) is 2.27. The van der Waals surface area contributed by atoms with E-state index in [1.807, 2.05) is 0 Å². The number of nitrogens with zero attached hydrogens (tertiary/aromatic N) is 1. The van der Waals surface area contributed by atoms with E-state index in [1.54, 1.807) is 0 Å². The Morgan fingerprint density at radius 1 is 1.14 bits per heavy atom. The van der Waals surface area contributed by atoms with Crippen molar-refractivity contribution in [2.75, 3.05) is 12.4 Å². The number of sulfonamides is 1. The highest BCUT2D eigenvalue weighted by Crippen LogP contribution is 2.70. The molecule has 2 saturated heterocycles. The molecule has 0 aromatic rings. The average Bonchev–Trinajstić information content (AvgIpc) is 3.29. The molecule has 5 rings (SSSR count). The standard InChI is InChI=1S/C21H34N2O4S/c1-19(2)14-6-9-20(19)13-28(26,27)23(17(20)11-14)18(25)16-7-10-21(22-16)8-4-3-5-15(21)12-24/h14-17,22,24H,3-13H2,1-2H3/t14-,15-,16-,17-,20-,21-/m1/s1. The van der Waals surface area contributed by atoms with Crippen LogP contribution in [0.15, 0.2) is 0 Å². The van der Waals surface area contributed by atoms with Gasteiger partial charge in [0.1, 0.15) is 0 Å². The number of carbonyl (C=O) groups is 1. The molecule has 5 fully saturated rings. The first-order chi connectivity index (χ1) is 13.2. The van der Waals surface area contributed by atoms with Crippen molar-refractivity contribution in [1.29, 1.82) is 0 Å². The SMILES string of the molecule is CC1(C)[C@@H]2CC[C@]13CS(=O)(=O)N(C(=O)[C@H]1CC[C@@]4(CCCC[C@@H]4CO)N1)[C@@H]3C2. The van der Waals surface area contributed by atoms with E-state index in [9.17, 15) is 18.3 Å². The van der Waals surface area contributed by atoms with Gasteiger partial charge in [-0.05, 0) is 56.3 Å². The summed E-state index contributed by atoms with van der Waals surface area (Å²) in [6.07, 6.45) is 8.54. The van der Waals surface area contributed by atoms with Gasteiger partial charge in [0.25, 0.3) is 5.91 Å². The second kappa shape index (κ2) is 5.94. The van der Waals surface area contributed by atoms with Crippen molar-refractivity contribution in [2.45, 2.75) is 89.3 Å². The van der Waals surface area contributed by atoms with Crippen LogP contribution in [0.2, 0.25) is 0 Å². The van der Waals surface area contributed by atoms with Gasteiger partial charge in [-0.3, -0.25) is 10.1 Å². The number of aliphatic hydroxyl groups excluding tert-OH is 1. The zero-order valence-electron chi connectivity index (χ0n) is 17.1. The summed E-state index contributed by atoms with van der Waals surface area (Å²) in [4.78, 5) is 13.5. The second-order valence-electron chi connectivity index (χ2n) is 10.8. The highest BCUT2D eigenvalue weighted by atomic mass is 32.2. The van der Waals surface area contributed by atoms with E-state index in [2.05, 4.69) is 19.2 Å². The van der Waals surface area contributed by atoms with Gasteiger partial charge >= 0.3 is 0 Å². The van der Waals surface area contributed by atoms with Crippen molar-refractivity contribution >= 4 is 15.9 Å². The molecule has 2 bridgehead atoms. The Morgan fingerprint density at radius 2 is 1.93 bits per heavy atom. The molecule has 158 valence electrons. The number of rotatable bonds is 2. The van der Waals surface area contributed by atoms with E-state index in [1.165, 1.54) is 4.31 Å². The summed E-state index contributed by atoms with van der Waals surface area (Å²) in [6, 6.07) is -0.587. The lowest BCUT2D eigenvalue weighted by molar-refractivity contribution is -0.131. The molecule has 2 aliphatic heterocycles. The molecule has 5 aliphatic rings. The van der Waals surface area contributed by atoms with Crippen molar-refractivity contribution < 1.29 is 18.3 Å². The fourth-order valence-corrected chi connectivity index (χ4v) is 10.5. The van der Waals surface area contributed by atoms with Crippen molar-refractivity contribution in [1.82, 2.24) is 9.62 Å². The summed E-state index contributed by atoms with van der Waals surface area (Å²) in [6.45, 7) is 4.56. The molecule has 6 nitrogen and oxygen atoms in total. The van der Waals surface area contributed by atoms with Gasteiger partial charge in [0, 0.05) is 23.5 Å². The minimum atomic E-state index is -3.56. The lowest BCUT2D eigenvalue weighted by Gasteiger charge is -2.42. The average molecular weight is 411 g/mol. The number of nitrogens with one attached hydrogen (secondary N) is 1. The van der Waals surface area contributed by atoms with Crippen LogP contribution in [0.3, 0.4) is 0 Å². The van der Waals surface area contributed by atoms with Crippen LogP contribution in [0, 0.1) is 22.7 Å². The number of aliphatic hydroxyl groups is 1. The van der Waals surface area contributed by atoms with Gasteiger partial charge in [-0.2, -0.15) is 0 Å². The maximum Gasteiger partial charge on any atom is 0.253 e. The highest BCUT2D eigenvalue weighted by Gasteiger charge is 2.72. The first-order valence-corrected chi connectivity index (χ1v) is 12.7. The van der Waals surface area contributed by atoms with Gasteiger partial charge < -0.3 is 5.11 Å². The first-order valence-electron chi connectivity index (χ1n) is 11.1. The molecule has 6 atom stereocenters. The van der Waals surface area contributed by atoms with Gasteiger partial charge in [-0.1, -0.05) is 26.7 Å². The fraction of sp³-hybridized carbons (Fsp3) is 0.952.